The third-order valence-electron chi connectivity index (χ3n) is 4.61. The van der Waals surface area contributed by atoms with Crippen LogP contribution in [0.25, 0.3) is 11.1 Å². The van der Waals surface area contributed by atoms with Gasteiger partial charge < -0.3 is 14.9 Å². The lowest BCUT2D eigenvalue weighted by Gasteiger charge is -2.18. The third-order valence-corrected chi connectivity index (χ3v) is 4.61. The largest absolute Gasteiger partial charge is 0.504 e. The molecule has 2 N–H and O–H groups in total. The van der Waals surface area contributed by atoms with E-state index in [0.717, 1.165) is 16.7 Å². The molecule has 0 aliphatic rings. The van der Waals surface area contributed by atoms with Crippen LogP contribution in [0.4, 0.5) is 0 Å². The summed E-state index contributed by atoms with van der Waals surface area (Å²) < 4.78 is 5.86. The van der Waals surface area contributed by atoms with Gasteiger partial charge in [0.2, 0.25) is 0 Å². The fourth-order valence-electron chi connectivity index (χ4n) is 3.27. The van der Waals surface area contributed by atoms with Crippen LogP contribution in [0.3, 0.4) is 0 Å². The zero-order valence-corrected chi connectivity index (χ0v) is 15.4. The van der Waals surface area contributed by atoms with Crippen LogP contribution in [0.1, 0.15) is 32.6 Å². The third kappa shape index (κ3) is 3.86. The molecule has 3 aromatic carbocycles. The Morgan fingerprint density at radius 1 is 0.926 bits per heavy atom. The van der Waals surface area contributed by atoms with Crippen LogP contribution < -0.4 is 0 Å². The van der Waals surface area contributed by atoms with Crippen LogP contribution in [-0.4, -0.2) is 16.5 Å². The van der Waals surface area contributed by atoms with Crippen molar-refractivity contribution in [1.29, 1.82) is 0 Å². The van der Waals surface area contributed by atoms with Gasteiger partial charge in [0.15, 0.2) is 17.8 Å². The lowest BCUT2D eigenvalue weighted by Crippen LogP contribution is -2.04. The van der Waals surface area contributed by atoms with Crippen molar-refractivity contribution in [2.45, 2.75) is 27.1 Å². The summed E-state index contributed by atoms with van der Waals surface area (Å²) in [5.41, 5.74) is 4.87. The van der Waals surface area contributed by atoms with Crippen molar-refractivity contribution in [1.82, 2.24) is 0 Å². The van der Waals surface area contributed by atoms with Crippen LogP contribution >= 0.6 is 0 Å². The number of phenols is 2. The second-order valence-corrected chi connectivity index (χ2v) is 6.56. The molecule has 0 fully saturated rings. The second kappa shape index (κ2) is 8.06. The van der Waals surface area contributed by atoms with Gasteiger partial charge in [-0.15, -0.1) is 0 Å². The molecule has 0 unspecified atom stereocenters. The number of aldehydes is 1. The van der Waals surface area contributed by atoms with Gasteiger partial charge in [0.05, 0.1) is 18.8 Å². The molecule has 0 aliphatic carbocycles. The monoisotopic (exact) mass is 362 g/mol. The lowest BCUT2D eigenvalue weighted by atomic mass is 9.90. The van der Waals surface area contributed by atoms with Crippen molar-refractivity contribution in [3.8, 4) is 22.6 Å². The number of ether oxygens (including phenoxy) is 1. The normalized spacial score (nSPS) is 10.7. The Kier molecular flexibility index (Phi) is 5.57. The Morgan fingerprint density at radius 2 is 1.67 bits per heavy atom. The standard InChI is InChI=1S/C23H22O4/c1-15-7-6-8-17(11-15)13-27-14-20-19(12-24)23(26)22(25)16(2)21(20)18-9-4-3-5-10-18/h3-12,25-26H,13-14H2,1-2H3. The zero-order chi connectivity index (χ0) is 19.4. The smallest absolute Gasteiger partial charge is 0.168 e. The first-order valence-electron chi connectivity index (χ1n) is 8.74. The van der Waals surface area contributed by atoms with Crippen molar-refractivity contribution in [3.05, 3.63) is 82.4 Å². The average Bonchev–Trinajstić information content (AvgIpc) is 2.67. The maximum Gasteiger partial charge on any atom is 0.168 e. The molecular formula is C23H22O4. The molecule has 0 aromatic heterocycles. The van der Waals surface area contributed by atoms with Gasteiger partial charge in [-0.2, -0.15) is 0 Å². The first-order valence-corrected chi connectivity index (χ1v) is 8.74. The second-order valence-electron chi connectivity index (χ2n) is 6.56. The minimum absolute atomic E-state index is 0.0567. The maximum absolute atomic E-state index is 11.6. The molecule has 27 heavy (non-hydrogen) atoms. The molecule has 0 bridgehead atoms. The molecule has 3 aromatic rings. The first kappa shape index (κ1) is 18.7. The first-order chi connectivity index (χ1) is 13.0. The highest BCUT2D eigenvalue weighted by atomic mass is 16.5. The van der Waals surface area contributed by atoms with E-state index in [4.69, 9.17) is 4.74 Å². The number of hydrogen-bond donors (Lipinski definition) is 2. The number of aryl methyl sites for hydroxylation is 1. The Labute approximate surface area is 158 Å². The van der Waals surface area contributed by atoms with E-state index in [0.29, 0.717) is 29.6 Å². The summed E-state index contributed by atoms with van der Waals surface area (Å²) in [6, 6.07) is 17.5. The summed E-state index contributed by atoms with van der Waals surface area (Å²) in [6.07, 6.45) is 0.562. The predicted molar refractivity (Wildman–Crippen MR) is 105 cm³/mol. The molecule has 0 heterocycles. The summed E-state index contributed by atoms with van der Waals surface area (Å²) in [5, 5.41) is 20.5. The van der Waals surface area contributed by atoms with Gasteiger partial charge >= 0.3 is 0 Å². The van der Waals surface area contributed by atoms with Crippen molar-refractivity contribution in [3.63, 3.8) is 0 Å². The molecule has 0 saturated carbocycles. The molecule has 4 nitrogen and oxygen atoms in total. The highest BCUT2D eigenvalue weighted by molar-refractivity contribution is 5.90. The molecule has 0 spiro atoms. The molecule has 0 saturated heterocycles. The SMILES string of the molecule is Cc1cccc(COCc2c(C=O)c(O)c(O)c(C)c2-c2ccccc2)c1. The van der Waals surface area contributed by atoms with E-state index >= 15 is 0 Å². The van der Waals surface area contributed by atoms with E-state index in [1.165, 1.54) is 0 Å². The van der Waals surface area contributed by atoms with Gasteiger partial charge in [0.1, 0.15) is 0 Å². The van der Waals surface area contributed by atoms with E-state index < -0.39 is 5.75 Å². The summed E-state index contributed by atoms with van der Waals surface area (Å²) in [6.45, 7) is 4.26. The van der Waals surface area contributed by atoms with Gasteiger partial charge in [-0.3, -0.25) is 4.79 Å². The van der Waals surface area contributed by atoms with Crippen LogP contribution in [-0.2, 0) is 18.0 Å². The molecule has 0 atom stereocenters. The Morgan fingerprint density at radius 3 is 2.33 bits per heavy atom. The average molecular weight is 362 g/mol. The number of rotatable bonds is 6. The zero-order valence-electron chi connectivity index (χ0n) is 15.4. The highest BCUT2D eigenvalue weighted by Gasteiger charge is 2.22. The highest BCUT2D eigenvalue weighted by Crippen LogP contribution is 2.42. The quantitative estimate of drug-likeness (QED) is 0.483. The number of aromatic hydroxyl groups is 2. The molecule has 3 rings (SSSR count). The number of carbonyl (C=O) groups excluding carboxylic acids is 1. The molecule has 0 amide bonds. The van der Waals surface area contributed by atoms with E-state index in [-0.39, 0.29) is 17.9 Å². The Balaban J connectivity index is 2.00. The van der Waals surface area contributed by atoms with Crippen molar-refractivity contribution >= 4 is 6.29 Å². The molecule has 0 aliphatic heterocycles. The predicted octanol–water partition coefficient (Wildman–Crippen LogP) is 4.91. The summed E-state index contributed by atoms with van der Waals surface area (Å²) in [4.78, 5) is 11.6. The van der Waals surface area contributed by atoms with Gasteiger partial charge in [0.25, 0.3) is 0 Å². The van der Waals surface area contributed by atoms with Gasteiger partial charge in [-0.25, -0.2) is 0 Å². The molecule has 138 valence electrons. The van der Waals surface area contributed by atoms with Crippen LogP contribution in [0.15, 0.2) is 54.6 Å². The van der Waals surface area contributed by atoms with Gasteiger partial charge in [-0.05, 0) is 30.5 Å². The van der Waals surface area contributed by atoms with E-state index in [1.807, 2.05) is 61.5 Å². The topological polar surface area (TPSA) is 66.8 Å². The van der Waals surface area contributed by atoms with Crippen LogP contribution in [0.5, 0.6) is 11.5 Å². The number of phenolic OH excluding ortho intramolecular Hbond substituents is 2. The maximum atomic E-state index is 11.6. The van der Waals surface area contributed by atoms with E-state index in [1.54, 1.807) is 6.92 Å². The summed E-state index contributed by atoms with van der Waals surface area (Å²) in [5.74, 6) is -0.685. The Hall–Kier alpha value is -3.11. The minimum atomic E-state index is -0.406. The van der Waals surface area contributed by atoms with Crippen LogP contribution in [0.2, 0.25) is 0 Å². The molecule has 4 heteroatoms. The number of hydrogen-bond acceptors (Lipinski definition) is 4. The van der Waals surface area contributed by atoms with E-state index in [9.17, 15) is 15.0 Å². The molecular weight excluding hydrogens is 340 g/mol. The summed E-state index contributed by atoms with van der Waals surface area (Å²) >= 11 is 0. The number of carbonyl (C=O) groups is 1. The molecule has 0 radical (unpaired) electrons. The van der Waals surface area contributed by atoms with Crippen molar-refractivity contribution in [2.24, 2.45) is 0 Å². The fourth-order valence-corrected chi connectivity index (χ4v) is 3.27. The fraction of sp³-hybridized carbons (Fsp3) is 0.174. The summed E-state index contributed by atoms with van der Waals surface area (Å²) in [7, 11) is 0. The van der Waals surface area contributed by atoms with Crippen molar-refractivity contribution in [2.75, 3.05) is 0 Å². The minimum Gasteiger partial charge on any atom is -0.504 e. The lowest BCUT2D eigenvalue weighted by molar-refractivity contribution is 0.103. The Bertz CT molecular complexity index is 962. The van der Waals surface area contributed by atoms with Crippen molar-refractivity contribution < 1.29 is 19.7 Å². The van der Waals surface area contributed by atoms with Gasteiger partial charge in [-0.1, -0.05) is 60.2 Å². The van der Waals surface area contributed by atoms with Crippen LogP contribution in [0, 0.1) is 13.8 Å². The number of benzene rings is 3. The van der Waals surface area contributed by atoms with E-state index in [2.05, 4.69) is 0 Å². The van der Waals surface area contributed by atoms with Gasteiger partial charge in [0, 0.05) is 11.1 Å².